The van der Waals surface area contributed by atoms with Crippen LogP contribution in [-0.4, -0.2) is 11.7 Å². The molecule has 0 amide bonds. The maximum atomic E-state index is 13.9. The Labute approximate surface area is 131 Å². The van der Waals surface area contributed by atoms with Crippen LogP contribution in [0.15, 0.2) is 53.5 Å². The van der Waals surface area contributed by atoms with Crippen LogP contribution < -0.4 is 10.3 Å². The van der Waals surface area contributed by atoms with Crippen molar-refractivity contribution < 1.29 is 9.13 Å². The quantitative estimate of drug-likeness (QED) is 0.734. The van der Waals surface area contributed by atoms with Gasteiger partial charge in [-0.3, -0.25) is 4.79 Å². The summed E-state index contributed by atoms with van der Waals surface area (Å²) in [7, 11) is 1.57. The van der Waals surface area contributed by atoms with Gasteiger partial charge in [-0.1, -0.05) is 17.7 Å². The lowest BCUT2D eigenvalue weighted by Crippen LogP contribution is -2.20. The van der Waals surface area contributed by atoms with Gasteiger partial charge in [0, 0.05) is 22.2 Å². The third-order valence-corrected chi connectivity index (χ3v) is 3.93. The van der Waals surface area contributed by atoms with E-state index in [0.29, 0.717) is 21.7 Å². The van der Waals surface area contributed by atoms with Crippen LogP contribution in [0.1, 0.15) is 5.56 Å². The Morgan fingerprint density at radius 3 is 2.77 bits per heavy atom. The van der Waals surface area contributed by atoms with Crippen molar-refractivity contribution in [3.05, 3.63) is 75.4 Å². The van der Waals surface area contributed by atoms with E-state index in [4.69, 9.17) is 16.3 Å². The molecule has 5 heteroatoms. The van der Waals surface area contributed by atoms with E-state index in [-0.39, 0.29) is 12.1 Å². The molecule has 3 aromatic rings. The van der Waals surface area contributed by atoms with Crippen LogP contribution in [0.25, 0.3) is 10.8 Å². The molecule has 1 heterocycles. The molecule has 0 fully saturated rings. The van der Waals surface area contributed by atoms with Crippen LogP contribution in [0, 0.1) is 5.82 Å². The van der Waals surface area contributed by atoms with Crippen molar-refractivity contribution in [2.45, 2.75) is 6.54 Å². The molecule has 0 atom stereocenters. The zero-order chi connectivity index (χ0) is 15.7. The first kappa shape index (κ1) is 14.6. The molecule has 0 saturated heterocycles. The van der Waals surface area contributed by atoms with E-state index < -0.39 is 5.82 Å². The summed E-state index contributed by atoms with van der Waals surface area (Å²) in [5.41, 5.74) is 0.110. The largest absolute Gasteiger partial charge is 0.497 e. The van der Waals surface area contributed by atoms with Crippen molar-refractivity contribution in [2.24, 2.45) is 0 Å². The second-order valence-electron chi connectivity index (χ2n) is 4.90. The normalized spacial score (nSPS) is 10.9. The van der Waals surface area contributed by atoms with E-state index in [0.717, 1.165) is 5.39 Å². The van der Waals surface area contributed by atoms with Crippen LogP contribution >= 0.6 is 11.6 Å². The van der Waals surface area contributed by atoms with Gasteiger partial charge in [-0.05, 0) is 41.8 Å². The molecule has 0 saturated carbocycles. The van der Waals surface area contributed by atoms with Crippen LogP contribution in [0.2, 0.25) is 5.02 Å². The molecule has 3 nitrogen and oxygen atoms in total. The number of halogens is 2. The zero-order valence-electron chi connectivity index (χ0n) is 11.8. The van der Waals surface area contributed by atoms with Gasteiger partial charge in [0.2, 0.25) is 0 Å². The van der Waals surface area contributed by atoms with Crippen molar-refractivity contribution in [2.75, 3.05) is 7.11 Å². The summed E-state index contributed by atoms with van der Waals surface area (Å²) in [6.07, 6.45) is 1.63. The number of ether oxygens (including phenoxy) is 1. The highest BCUT2D eigenvalue weighted by molar-refractivity contribution is 6.31. The number of fused-ring (bicyclic) bond motifs is 1. The number of benzene rings is 2. The molecule has 0 unspecified atom stereocenters. The number of hydrogen-bond acceptors (Lipinski definition) is 2. The molecule has 2 aromatic carbocycles. The lowest BCUT2D eigenvalue weighted by molar-refractivity contribution is 0.415. The van der Waals surface area contributed by atoms with E-state index in [1.165, 1.54) is 16.7 Å². The van der Waals surface area contributed by atoms with E-state index in [1.54, 1.807) is 43.6 Å². The molecule has 0 aliphatic carbocycles. The summed E-state index contributed by atoms with van der Waals surface area (Å²) in [4.78, 5) is 12.5. The summed E-state index contributed by atoms with van der Waals surface area (Å²) in [6, 6.07) is 11.5. The van der Waals surface area contributed by atoms with Gasteiger partial charge in [0.15, 0.2) is 0 Å². The summed E-state index contributed by atoms with van der Waals surface area (Å²) >= 11 is 6.02. The standard InChI is InChI=1S/C17H13ClFNO2/c1-22-12-5-6-13-11(9-12)7-8-20(17(13)21)10-14-15(18)3-2-4-16(14)19/h2-9H,10H2,1H3. The molecule has 1 aromatic heterocycles. The molecule has 0 radical (unpaired) electrons. The first-order chi connectivity index (χ1) is 10.6. The third-order valence-electron chi connectivity index (χ3n) is 3.57. The van der Waals surface area contributed by atoms with E-state index in [2.05, 4.69) is 0 Å². The number of pyridine rings is 1. The topological polar surface area (TPSA) is 31.2 Å². The zero-order valence-corrected chi connectivity index (χ0v) is 12.6. The lowest BCUT2D eigenvalue weighted by atomic mass is 10.1. The third kappa shape index (κ3) is 2.57. The summed E-state index contributed by atoms with van der Waals surface area (Å²) in [5, 5.41) is 1.64. The maximum absolute atomic E-state index is 13.9. The number of nitrogens with zero attached hydrogens (tertiary/aromatic N) is 1. The fourth-order valence-corrected chi connectivity index (χ4v) is 2.59. The summed E-state index contributed by atoms with van der Waals surface area (Å²) < 4.78 is 20.5. The van der Waals surface area contributed by atoms with Crippen molar-refractivity contribution in [3.63, 3.8) is 0 Å². The molecule has 0 spiro atoms. The molecule has 0 bridgehead atoms. The molecular formula is C17H13ClFNO2. The number of aromatic nitrogens is 1. The fourth-order valence-electron chi connectivity index (χ4n) is 2.37. The highest BCUT2D eigenvalue weighted by atomic mass is 35.5. The summed E-state index contributed by atoms with van der Waals surface area (Å²) in [6.45, 7) is 0.0896. The molecule has 0 aliphatic rings. The highest BCUT2D eigenvalue weighted by Gasteiger charge is 2.10. The van der Waals surface area contributed by atoms with Crippen molar-refractivity contribution >= 4 is 22.4 Å². The first-order valence-corrected chi connectivity index (χ1v) is 7.08. The smallest absolute Gasteiger partial charge is 0.258 e. The van der Waals surface area contributed by atoms with Gasteiger partial charge >= 0.3 is 0 Å². The van der Waals surface area contributed by atoms with E-state index >= 15 is 0 Å². The minimum atomic E-state index is -0.422. The minimum absolute atomic E-state index is 0.0896. The Bertz CT molecular complexity index is 885. The number of hydrogen-bond donors (Lipinski definition) is 0. The predicted octanol–water partition coefficient (Wildman–Crippen LogP) is 3.85. The average Bonchev–Trinajstić information content (AvgIpc) is 2.52. The van der Waals surface area contributed by atoms with E-state index in [1.807, 2.05) is 0 Å². The molecular weight excluding hydrogens is 305 g/mol. The van der Waals surface area contributed by atoms with Crippen LogP contribution in [0.5, 0.6) is 5.75 Å². The van der Waals surface area contributed by atoms with Crippen molar-refractivity contribution in [1.82, 2.24) is 4.57 Å². The first-order valence-electron chi connectivity index (χ1n) is 6.70. The van der Waals surface area contributed by atoms with Gasteiger partial charge in [-0.2, -0.15) is 0 Å². The average molecular weight is 318 g/mol. The second kappa shape index (κ2) is 5.81. The SMILES string of the molecule is COc1ccc2c(=O)n(Cc3c(F)cccc3Cl)ccc2c1. The number of methoxy groups -OCH3 is 1. The van der Waals surface area contributed by atoms with Crippen LogP contribution in [0.3, 0.4) is 0 Å². The van der Waals surface area contributed by atoms with Gasteiger partial charge in [0.1, 0.15) is 11.6 Å². The Morgan fingerprint density at radius 2 is 2.05 bits per heavy atom. The minimum Gasteiger partial charge on any atom is -0.497 e. The predicted molar refractivity (Wildman–Crippen MR) is 85.3 cm³/mol. The Kier molecular flexibility index (Phi) is 3.86. The maximum Gasteiger partial charge on any atom is 0.258 e. The molecule has 3 rings (SSSR count). The molecule has 112 valence electrons. The lowest BCUT2D eigenvalue weighted by Gasteiger charge is -2.10. The van der Waals surface area contributed by atoms with Crippen molar-refractivity contribution in [3.8, 4) is 5.75 Å². The number of rotatable bonds is 3. The second-order valence-corrected chi connectivity index (χ2v) is 5.31. The van der Waals surface area contributed by atoms with Gasteiger partial charge in [0.25, 0.3) is 5.56 Å². The fraction of sp³-hybridized carbons (Fsp3) is 0.118. The van der Waals surface area contributed by atoms with Crippen LogP contribution in [-0.2, 0) is 6.54 Å². The Hall–Kier alpha value is -2.33. The van der Waals surface area contributed by atoms with Gasteiger partial charge < -0.3 is 9.30 Å². The Balaban J connectivity index is 2.09. The van der Waals surface area contributed by atoms with E-state index in [9.17, 15) is 9.18 Å². The highest BCUT2D eigenvalue weighted by Crippen LogP contribution is 2.21. The van der Waals surface area contributed by atoms with Gasteiger partial charge in [-0.15, -0.1) is 0 Å². The molecule has 22 heavy (non-hydrogen) atoms. The monoisotopic (exact) mass is 317 g/mol. The van der Waals surface area contributed by atoms with Crippen molar-refractivity contribution in [1.29, 1.82) is 0 Å². The molecule has 0 N–H and O–H groups in total. The Morgan fingerprint density at radius 1 is 1.23 bits per heavy atom. The van der Waals surface area contributed by atoms with Gasteiger partial charge in [-0.25, -0.2) is 4.39 Å². The van der Waals surface area contributed by atoms with Crippen LogP contribution in [0.4, 0.5) is 4.39 Å². The molecule has 0 aliphatic heterocycles. The van der Waals surface area contributed by atoms with Gasteiger partial charge in [0.05, 0.1) is 13.7 Å². The summed E-state index contributed by atoms with van der Waals surface area (Å²) in [5.74, 6) is 0.260.